The molecule has 0 heterocycles. The van der Waals surface area contributed by atoms with Crippen molar-refractivity contribution < 1.29 is 8.42 Å². The molecule has 0 amide bonds. The minimum absolute atomic E-state index is 0.128. The standard InChI is InChI=1S/C11H19N3O2S/c1-9(2)13-7-8-14-10-3-5-11(6-4-10)17(12,15)16/h3-6,9,13-14H,7-8H2,1-2H3,(H2,12,15,16). The zero-order valence-corrected chi connectivity index (χ0v) is 10.9. The molecule has 0 saturated heterocycles. The van der Waals surface area contributed by atoms with Crippen LogP contribution in [-0.2, 0) is 10.0 Å². The number of hydrogen-bond acceptors (Lipinski definition) is 4. The lowest BCUT2D eigenvalue weighted by molar-refractivity contribution is 0.597. The third-order valence-electron chi connectivity index (χ3n) is 2.19. The molecule has 1 aromatic carbocycles. The van der Waals surface area contributed by atoms with Gasteiger partial charge in [-0.05, 0) is 24.3 Å². The van der Waals surface area contributed by atoms with Crippen LogP contribution in [0.2, 0.25) is 0 Å². The number of primary sulfonamides is 1. The number of benzene rings is 1. The molecule has 0 aliphatic carbocycles. The first kappa shape index (κ1) is 14.0. The average Bonchev–Trinajstić information content (AvgIpc) is 2.23. The Hall–Kier alpha value is -1.11. The molecule has 4 N–H and O–H groups in total. The van der Waals surface area contributed by atoms with E-state index in [1.54, 1.807) is 12.1 Å². The van der Waals surface area contributed by atoms with E-state index in [0.29, 0.717) is 6.04 Å². The van der Waals surface area contributed by atoms with Crippen molar-refractivity contribution in [2.45, 2.75) is 24.8 Å². The maximum atomic E-state index is 11.0. The Morgan fingerprint density at radius 2 is 1.76 bits per heavy atom. The van der Waals surface area contributed by atoms with E-state index in [9.17, 15) is 8.42 Å². The van der Waals surface area contributed by atoms with E-state index >= 15 is 0 Å². The fraction of sp³-hybridized carbons (Fsp3) is 0.455. The van der Waals surface area contributed by atoms with E-state index in [4.69, 9.17) is 5.14 Å². The molecule has 96 valence electrons. The monoisotopic (exact) mass is 257 g/mol. The van der Waals surface area contributed by atoms with Gasteiger partial charge >= 0.3 is 0 Å². The van der Waals surface area contributed by atoms with Gasteiger partial charge in [-0.25, -0.2) is 13.6 Å². The van der Waals surface area contributed by atoms with E-state index in [0.717, 1.165) is 18.8 Å². The van der Waals surface area contributed by atoms with E-state index in [2.05, 4.69) is 24.5 Å². The number of rotatable bonds is 6. The fourth-order valence-corrected chi connectivity index (χ4v) is 1.85. The van der Waals surface area contributed by atoms with Crippen molar-refractivity contribution in [1.29, 1.82) is 0 Å². The maximum Gasteiger partial charge on any atom is 0.238 e. The predicted octanol–water partition coefficient (Wildman–Crippen LogP) is 0.744. The Kier molecular flexibility index (Phi) is 4.92. The van der Waals surface area contributed by atoms with E-state index in [1.165, 1.54) is 12.1 Å². The van der Waals surface area contributed by atoms with Crippen LogP contribution < -0.4 is 15.8 Å². The van der Waals surface area contributed by atoms with Crippen LogP contribution in [0, 0.1) is 0 Å². The van der Waals surface area contributed by atoms with Gasteiger partial charge in [-0.2, -0.15) is 0 Å². The van der Waals surface area contributed by atoms with Crippen LogP contribution in [0.5, 0.6) is 0 Å². The molecule has 0 saturated carbocycles. The summed E-state index contributed by atoms with van der Waals surface area (Å²) < 4.78 is 22.1. The van der Waals surface area contributed by atoms with Crippen LogP contribution in [0.3, 0.4) is 0 Å². The maximum absolute atomic E-state index is 11.0. The Morgan fingerprint density at radius 1 is 1.18 bits per heavy atom. The highest BCUT2D eigenvalue weighted by Gasteiger charge is 2.06. The highest BCUT2D eigenvalue weighted by molar-refractivity contribution is 7.89. The summed E-state index contributed by atoms with van der Waals surface area (Å²) in [5.74, 6) is 0. The van der Waals surface area contributed by atoms with Gasteiger partial charge in [-0.3, -0.25) is 0 Å². The molecule has 1 aromatic rings. The SMILES string of the molecule is CC(C)NCCNc1ccc(S(N)(=O)=O)cc1. The molecule has 0 aromatic heterocycles. The molecule has 5 nitrogen and oxygen atoms in total. The van der Waals surface area contributed by atoms with Crippen LogP contribution in [0.15, 0.2) is 29.2 Å². The van der Waals surface area contributed by atoms with E-state index in [1.807, 2.05) is 0 Å². The summed E-state index contributed by atoms with van der Waals surface area (Å²) in [6, 6.07) is 6.85. The lowest BCUT2D eigenvalue weighted by Crippen LogP contribution is -2.28. The van der Waals surface area contributed by atoms with Crippen molar-refractivity contribution in [2.24, 2.45) is 5.14 Å². The van der Waals surface area contributed by atoms with Crippen LogP contribution in [0.1, 0.15) is 13.8 Å². The van der Waals surface area contributed by atoms with Crippen molar-refractivity contribution >= 4 is 15.7 Å². The zero-order valence-electron chi connectivity index (χ0n) is 10.1. The van der Waals surface area contributed by atoms with Gasteiger partial charge in [-0.15, -0.1) is 0 Å². The van der Waals surface area contributed by atoms with Gasteiger partial charge in [0, 0.05) is 24.8 Å². The van der Waals surface area contributed by atoms with Crippen LogP contribution >= 0.6 is 0 Å². The fourth-order valence-electron chi connectivity index (χ4n) is 1.33. The topological polar surface area (TPSA) is 84.2 Å². The molecule has 0 aliphatic heterocycles. The third-order valence-corrected chi connectivity index (χ3v) is 3.12. The minimum Gasteiger partial charge on any atom is -0.384 e. The number of nitrogens with two attached hydrogens (primary N) is 1. The van der Waals surface area contributed by atoms with E-state index in [-0.39, 0.29) is 4.90 Å². The highest BCUT2D eigenvalue weighted by atomic mass is 32.2. The van der Waals surface area contributed by atoms with Crippen molar-refractivity contribution in [3.8, 4) is 0 Å². The first-order valence-electron chi connectivity index (χ1n) is 5.50. The second kappa shape index (κ2) is 6.00. The molecule has 0 fully saturated rings. The van der Waals surface area contributed by atoms with Gasteiger partial charge in [-0.1, -0.05) is 13.8 Å². The summed E-state index contributed by atoms with van der Waals surface area (Å²) in [7, 11) is -3.60. The second-order valence-corrected chi connectivity index (χ2v) is 5.67. The first-order chi connectivity index (χ1) is 7.89. The third kappa shape index (κ3) is 5.16. The average molecular weight is 257 g/mol. The van der Waals surface area contributed by atoms with Crippen molar-refractivity contribution in [3.05, 3.63) is 24.3 Å². The summed E-state index contributed by atoms with van der Waals surface area (Å²) in [5.41, 5.74) is 0.878. The lowest BCUT2D eigenvalue weighted by atomic mass is 10.3. The van der Waals surface area contributed by atoms with Gasteiger partial charge in [0.1, 0.15) is 0 Å². The molecule has 0 bridgehead atoms. The molecular weight excluding hydrogens is 238 g/mol. The molecule has 0 spiro atoms. The highest BCUT2D eigenvalue weighted by Crippen LogP contribution is 2.12. The van der Waals surface area contributed by atoms with Gasteiger partial charge in [0.2, 0.25) is 10.0 Å². The Balaban J connectivity index is 2.46. The summed E-state index contributed by atoms with van der Waals surface area (Å²) in [6.07, 6.45) is 0. The Labute approximate surface area is 102 Å². The van der Waals surface area contributed by atoms with Gasteiger partial charge in [0.15, 0.2) is 0 Å². The zero-order chi connectivity index (χ0) is 12.9. The second-order valence-electron chi connectivity index (χ2n) is 4.10. The van der Waals surface area contributed by atoms with E-state index < -0.39 is 10.0 Å². The Bertz CT molecular complexity index is 440. The first-order valence-corrected chi connectivity index (χ1v) is 7.04. The number of hydrogen-bond donors (Lipinski definition) is 3. The number of anilines is 1. The molecule has 1 rings (SSSR count). The summed E-state index contributed by atoms with van der Waals surface area (Å²) in [6.45, 7) is 5.81. The van der Waals surface area contributed by atoms with Crippen molar-refractivity contribution in [2.75, 3.05) is 18.4 Å². The molecular formula is C11H19N3O2S. The molecule has 0 atom stereocenters. The smallest absolute Gasteiger partial charge is 0.238 e. The van der Waals surface area contributed by atoms with Crippen LogP contribution in [-0.4, -0.2) is 27.5 Å². The number of nitrogens with one attached hydrogen (secondary N) is 2. The van der Waals surface area contributed by atoms with Crippen LogP contribution in [0.25, 0.3) is 0 Å². The number of sulfonamides is 1. The summed E-state index contributed by atoms with van der Waals surface area (Å²) >= 11 is 0. The molecule has 17 heavy (non-hydrogen) atoms. The summed E-state index contributed by atoms with van der Waals surface area (Å²) in [5, 5.41) is 11.5. The molecule has 0 radical (unpaired) electrons. The van der Waals surface area contributed by atoms with Crippen LogP contribution in [0.4, 0.5) is 5.69 Å². The van der Waals surface area contributed by atoms with Gasteiger partial charge in [0.05, 0.1) is 4.90 Å². The molecule has 6 heteroatoms. The quantitative estimate of drug-likeness (QED) is 0.656. The largest absolute Gasteiger partial charge is 0.384 e. The Morgan fingerprint density at radius 3 is 2.24 bits per heavy atom. The minimum atomic E-state index is -3.60. The summed E-state index contributed by atoms with van der Waals surface area (Å²) in [4.78, 5) is 0.128. The predicted molar refractivity (Wildman–Crippen MR) is 69.4 cm³/mol. The lowest BCUT2D eigenvalue weighted by Gasteiger charge is -2.10. The molecule has 0 unspecified atom stereocenters. The van der Waals surface area contributed by atoms with Gasteiger partial charge in [0.25, 0.3) is 0 Å². The molecule has 0 aliphatic rings. The van der Waals surface area contributed by atoms with Crippen molar-refractivity contribution in [3.63, 3.8) is 0 Å². The normalized spacial score (nSPS) is 11.8. The van der Waals surface area contributed by atoms with Crippen molar-refractivity contribution in [1.82, 2.24) is 5.32 Å². The van der Waals surface area contributed by atoms with Gasteiger partial charge < -0.3 is 10.6 Å².